The number of nitrogens with zero attached hydrogens (tertiary/aromatic N) is 3. The van der Waals surface area contributed by atoms with Gasteiger partial charge in [-0.25, -0.2) is 4.98 Å². The normalized spacial score (nSPS) is 17.5. The van der Waals surface area contributed by atoms with Crippen LogP contribution < -0.4 is 0 Å². The summed E-state index contributed by atoms with van der Waals surface area (Å²) in [6.45, 7) is 7.99. The standard InChI is InChI=1S/C20H23N3OS/c1-13-5-4-6-23(11-13)19(24)12-25-20-17(10-21)9-16-7-14(2)15(3)8-18(16)22-20/h7-9,13H,4-6,11-12H2,1-3H3/t13-/m0/s1. The number of fused-ring (bicyclic) bond motifs is 1. The maximum atomic E-state index is 12.5. The van der Waals surface area contributed by atoms with Crippen LogP contribution in [0.2, 0.25) is 0 Å². The predicted molar refractivity (Wildman–Crippen MR) is 102 cm³/mol. The highest BCUT2D eigenvalue weighted by Crippen LogP contribution is 2.27. The van der Waals surface area contributed by atoms with Crippen molar-refractivity contribution in [2.24, 2.45) is 5.92 Å². The van der Waals surface area contributed by atoms with E-state index >= 15 is 0 Å². The number of amides is 1. The molecular formula is C20H23N3OS. The van der Waals surface area contributed by atoms with Crippen molar-refractivity contribution < 1.29 is 4.79 Å². The van der Waals surface area contributed by atoms with E-state index in [1.165, 1.54) is 29.3 Å². The van der Waals surface area contributed by atoms with E-state index in [4.69, 9.17) is 0 Å². The average molecular weight is 353 g/mol. The number of nitriles is 1. The molecule has 0 unspecified atom stereocenters. The monoisotopic (exact) mass is 353 g/mol. The summed E-state index contributed by atoms with van der Waals surface area (Å²) < 4.78 is 0. The van der Waals surface area contributed by atoms with Gasteiger partial charge in [0, 0.05) is 18.5 Å². The number of carbonyl (C=O) groups excluding carboxylic acids is 1. The molecule has 1 aromatic carbocycles. The summed E-state index contributed by atoms with van der Waals surface area (Å²) >= 11 is 1.37. The second-order valence-electron chi connectivity index (χ2n) is 6.96. The molecule has 1 aliphatic heterocycles. The van der Waals surface area contributed by atoms with Crippen molar-refractivity contribution >= 4 is 28.6 Å². The molecule has 130 valence electrons. The zero-order valence-corrected chi connectivity index (χ0v) is 15.8. The molecule has 0 N–H and O–H groups in total. The van der Waals surface area contributed by atoms with Gasteiger partial charge >= 0.3 is 0 Å². The third kappa shape index (κ3) is 3.96. The number of carbonyl (C=O) groups is 1. The first-order valence-corrected chi connectivity index (χ1v) is 9.69. The highest BCUT2D eigenvalue weighted by atomic mass is 32.2. The van der Waals surface area contributed by atoms with Gasteiger partial charge in [0.1, 0.15) is 11.1 Å². The molecule has 2 aromatic rings. The molecule has 3 rings (SSSR count). The van der Waals surface area contributed by atoms with Crippen molar-refractivity contribution in [1.29, 1.82) is 5.26 Å². The molecule has 1 aromatic heterocycles. The van der Waals surface area contributed by atoms with Gasteiger partial charge in [-0.2, -0.15) is 5.26 Å². The number of aryl methyl sites for hydroxylation is 2. The summed E-state index contributed by atoms with van der Waals surface area (Å²) in [7, 11) is 0. The van der Waals surface area contributed by atoms with Crippen LogP contribution in [0.1, 0.15) is 36.5 Å². The van der Waals surface area contributed by atoms with Crippen LogP contribution in [-0.4, -0.2) is 34.6 Å². The zero-order chi connectivity index (χ0) is 18.0. The third-order valence-corrected chi connectivity index (χ3v) is 5.83. The molecule has 0 spiro atoms. The van der Waals surface area contributed by atoms with E-state index in [0.29, 0.717) is 22.3 Å². The van der Waals surface area contributed by atoms with E-state index in [1.807, 2.05) is 17.0 Å². The molecule has 5 heteroatoms. The van der Waals surface area contributed by atoms with Crippen molar-refractivity contribution in [3.05, 3.63) is 34.9 Å². The third-order valence-electron chi connectivity index (χ3n) is 4.86. The van der Waals surface area contributed by atoms with Gasteiger partial charge in [-0.15, -0.1) is 0 Å². The molecule has 4 nitrogen and oxygen atoms in total. The molecule has 0 saturated carbocycles. The highest BCUT2D eigenvalue weighted by Gasteiger charge is 2.21. The lowest BCUT2D eigenvalue weighted by Crippen LogP contribution is -2.40. The van der Waals surface area contributed by atoms with Crippen LogP contribution in [0.15, 0.2) is 23.2 Å². The van der Waals surface area contributed by atoms with E-state index in [2.05, 4.69) is 37.9 Å². The Morgan fingerprint density at radius 2 is 2.12 bits per heavy atom. The number of pyridine rings is 1. The van der Waals surface area contributed by atoms with E-state index in [9.17, 15) is 10.1 Å². The van der Waals surface area contributed by atoms with Crippen molar-refractivity contribution in [2.45, 2.75) is 38.6 Å². The van der Waals surface area contributed by atoms with Gasteiger partial charge in [0.15, 0.2) is 0 Å². The summed E-state index contributed by atoms with van der Waals surface area (Å²) in [5.41, 5.74) is 3.79. The van der Waals surface area contributed by atoms with E-state index < -0.39 is 0 Å². The molecule has 25 heavy (non-hydrogen) atoms. The molecular weight excluding hydrogens is 330 g/mol. The SMILES string of the molecule is Cc1cc2cc(C#N)c(SCC(=O)N3CCC[C@H](C)C3)nc2cc1C. The maximum Gasteiger partial charge on any atom is 0.232 e. The van der Waals surface area contributed by atoms with Crippen LogP contribution in [0.3, 0.4) is 0 Å². The zero-order valence-electron chi connectivity index (χ0n) is 15.0. The Bertz CT molecular complexity index is 856. The Morgan fingerprint density at radius 1 is 1.36 bits per heavy atom. The number of rotatable bonds is 3. The fourth-order valence-corrected chi connectivity index (χ4v) is 4.12. The number of piperidine rings is 1. The fourth-order valence-electron chi connectivity index (χ4n) is 3.25. The van der Waals surface area contributed by atoms with Crippen LogP contribution in [0.4, 0.5) is 0 Å². The van der Waals surface area contributed by atoms with Crippen LogP contribution in [0, 0.1) is 31.1 Å². The number of hydrogen-bond donors (Lipinski definition) is 0. The van der Waals surface area contributed by atoms with Crippen molar-refractivity contribution in [1.82, 2.24) is 9.88 Å². The Hall–Kier alpha value is -2.06. The van der Waals surface area contributed by atoms with Gasteiger partial charge in [-0.3, -0.25) is 4.79 Å². The lowest BCUT2D eigenvalue weighted by molar-refractivity contribution is -0.130. The second kappa shape index (κ2) is 7.45. The quantitative estimate of drug-likeness (QED) is 0.781. The minimum absolute atomic E-state index is 0.141. The Balaban J connectivity index is 1.79. The molecule has 0 bridgehead atoms. The lowest BCUT2D eigenvalue weighted by atomic mass is 10.0. The smallest absolute Gasteiger partial charge is 0.232 e. The lowest BCUT2D eigenvalue weighted by Gasteiger charge is -2.30. The summed E-state index contributed by atoms with van der Waals surface area (Å²) in [6.07, 6.45) is 2.27. The van der Waals surface area contributed by atoms with Gasteiger partial charge in [0.25, 0.3) is 0 Å². The molecule has 0 aliphatic carbocycles. The molecule has 0 radical (unpaired) electrons. The van der Waals surface area contributed by atoms with Crippen LogP contribution >= 0.6 is 11.8 Å². The number of thioether (sulfide) groups is 1. The van der Waals surface area contributed by atoms with Crippen LogP contribution in [-0.2, 0) is 4.79 Å². The molecule has 1 saturated heterocycles. The van der Waals surface area contributed by atoms with E-state index in [0.717, 1.165) is 30.4 Å². The molecule has 1 aliphatic rings. The van der Waals surface area contributed by atoms with Gasteiger partial charge in [0.05, 0.1) is 16.8 Å². The number of hydrogen-bond acceptors (Lipinski definition) is 4. The summed E-state index contributed by atoms with van der Waals surface area (Å²) in [6, 6.07) is 8.21. The number of benzene rings is 1. The first-order valence-electron chi connectivity index (χ1n) is 8.70. The van der Waals surface area contributed by atoms with Crippen molar-refractivity contribution in [3.63, 3.8) is 0 Å². The first-order chi connectivity index (χ1) is 12.0. The average Bonchev–Trinajstić information content (AvgIpc) is 2.60. The van der Waals surface area contributed by atoms with Crippen molar-refractivity contribution in [2.75, 3.05) is 18.8 Å². The summed E-state index contributed by atoms with van der Waals surface area (Å²) in [5.74, 6) is 1.05. The maximum absolute atomic E-state index is 12.5. The number of aromatic nitrogens is 1. The predicted octanol–water partition coefficient (Wildman–Crippen LogP) is 4.07. The van der Waals surface area contributed by atoms with E-state index in [-0.39, 0.29) is 5.91 Å². The Kier molecular flexibility index (Phi) is 5.29. The Morgan fingerprint density at radius 3 is 2.84 bits per heavy atom. The highest BCUT2D eigenvalue weighted by molar-refractivity contribution is 8.00. The Labute approximate surface area is 153 Å². The van der Waals surface area contributed by atoms with Crippen molar-refractivity contribution in [3.8, 4) is 6.07 Å². The summed E-state index contributed by atoms with van der Waals surface area (Å²) in [4.78, 5) is 19.1. The van der Waals surface area contributed by atoms with Gasteiger partial charge < -0.3 is 4.90 Å². The van der Waals surface area contributed by atoms with Crippen LogP contribution in [0.5, 0.6) is 0 Å². The molecule has 1 fully saturated rings. The summed E-state index contributed by atoms with van der Waals surface area (Å²) in [5, 5.41) is 11.1. The van der Waals surface area contributed by atoms with Gasteiger partial charge in [0.2, 0.25) is 5.91 Å². The molecule has 1 amide bonds. The molecule has 2 heterocycles. The van der Waals surface area contributed by atoms with E-state index in [1.54, 1.807) is 0 Å². The topological polar surface area (TPSA) is 57.0 Å². The first kappa shape index (κ1) is 17.8. The van der Waals surface area contributed by atoms with Gasteiger partial charge in [-0.05, 0) is 61.9 Å². The minimum Gasteiger partial charge on any atom is -0.342 e. The molecule has 1 atom stereocenters. The minimum atomic E-state index is 0.141. The second-order valence-corrected chi connectivity index (χ2v) is 7.92. The largest absolute Gasteiger partial charge is 0.342 e. The fraction of sp³-hybridized carbons (Fsp3) is 0.450. The van der Waals surface area contributed by atoms with Crippen LogP contribution in [0.25, 0.3) is 10.9 Å². The van der Waals surface area contributed by atoms with Gasteiger partial charge in [-0.1, -0.05) is 18.7 Å². The number of likely N-dealkylation sites (tertiary alicyclic amines) is 1.